The van der Waals surface area contributed by atoms with Gasteiger partial charge in [-0.25, -0.2) is 13.1 Å². The number of piperidine rings is 1. The number of ether oxygens (including phenoxy) is 1. The number of hydrogen-bond donors (Lipinski definition) is 2. The van der Waals surface area contributed by atoms with Crippen molar-refractivity contribution in [1.82, 2.24) is 9.62 Å². The Morgan fingerprint density at radius 2 is 1.66 bits per heavy atom. The molecule has 3 aromatic carbocycles. The fourth-order valence-corrected chi connectivity index (χ4v) is 6.19. The third-order valence-corrected chi connectivity index (χ3v) is 7.98. The van der Waals surface area contributed by atoms with Crippen molar-refractivity contribution in [3.63, 3.8) is 0 Å². The molecule has 1 saturated heterocycles. The van der Waals surface area contributed by atoms with Gasteiger partial charge in [0.15, 0.2) is 0 Å². The van der Waals surface area contributed by atoms with Crippen LogP contribution in [0.15, 0.2) is 77.7 Å². The van der Waals surface area contributed by atoms with Crippen molar-refractivity contribution in [3.8, 4) is 11.5 Å². The third-order valence-electron chi connectivity index (χ3n) is 6.29. The molecule has 2 N–H and O–H groups in total. The van der Waals surface area contributed by atoms with E-state index in [1.807, 2.05) is 61.5 Å². The van der Waals surface area contributed by atoms with Gasteiger partial charge in [-0.1, -0.05) is 42.5 Å². The zero-order chi connectivity index (χ0) is 25.1. The maximum atomic E-state index is 13.0. The molecule has 0 aromatic heterocycles. The summed E-state index contributed by atoms with van der Waals surface area (Å²) in [5.41, 5.74) is 1.26. The number of nitrogens with one attached hydrogen (secondary N) is 1. The van der Waals surface area contributed by atoms with Gasteiger partial charge in [-0.2, -0.15) is 0 Å². The maximum absolute atomic E-state index is 13.0. The summed E-state index contributed by atoms with van der Waals surface area (Å²) in [4.78, 5) is 2.46. The van der Waals surface area contributed by atoms with Crippen LogP contribution < -0.4 is 9.46 Å². The smallest absolute Gasteiger partial charge is 0.241 e. The highest BCUT2D eigenvalue weighted by Gasteiger charge is 2.38. The Labute approximate surface area is 208 Å². The molecular formula is C28H34N2O4S. The SMILES string of the molecule is Cc1ccc(C2(O)CCN(Cc3cccc(Oc4ccccc4)c3)CC2)c(S(=O)(=O)NC(C)C)c1. The average Bonchev–Trinajstić information content (AvgIpc) is 2.81. The number of hydrogen-bond acceptors (Lipinski definition) is 5. The normalized spacial score (nSPS) is 16.4. The Bertz CT molecular complexity index is 1250. The van der Waals surface area contributed by atoms with Crippen LogP contribution in [-0.2, 0) is 22.2 Å². The molecule has 1 aliphatic rings. The molecule has 0 bridgehead atoms. The fourth-order valence-electron chi connectivity index (χ4n) is 4.55. The summed E-state index contributed by atoms with van der Waals surface area (Å²) in [6.07, 6.45) is 0.918. The van der Waals surface area contributed by atoms with Gasteiger partial charge in [-0.15, -0.1) is 0 Å². The van der Waals surface area contributed by atoms with E-state index in [2.05, 4.69) is 15.7 Å². The lowest BCUT2D eigenvalue weighted by atomic mass is 9.84. The number of likely N-dealkylation sites (tertiary alicyclic amines) is 1. The van der Waals surface area contributed by atoms with E-state index in [0.29, 0.717) is 31.5 Å². The van der Waals surface area contributed by atoms with Crippen LogP contribution in [0, 0.1) is 6.92 Å². The lowest BCUT2D eigenvalue weighted by Gasteiger charge is -2.39. The van der Waals surface area contributed by atoms with Crippen molar-refractivity contribution in [2.75, 3.05) is 13.1 Å². The number of para-hydroxylation sites is 1. The summed E-state index contributed by atoms with van der Waals surface area (Å²) >= 11 is 0. The molecule has 1 heterocycles. The molecule has 186 valence electrons. The summed E-state index contributed by atoms with van der Waals surface area (Å²) in [7, 11) is -3.73. The standard InChI is InChI=1S/C28H34N2O4S/c1-21(2)29-35(32,33)27-18-22(3)12-13-26(27)28(31)14-16-30(17-15-28)20-23-8-7-11-25(19-23)34-24-9-5-4-6-10-24/h4-13,18-19,21,29,31H,14-17,20H2,1-3H3. The summed E-state index contributed by atoms with van der Waals surface area (Å²) in [5, 5.41) is 11.6. The first kappa shape index (κ1) is 25.4. The molecule has 0 aliphatic carbocycles. The lowest BCUT2D eigenvalue weighted by Crippen LogP contribution is -2.43. The molecular weight excluding hydrogens is 460 g/mol. The summed E-state index contributed by atoms with van der Waals surface area (Å²) in [6, 6.07) is 22.8. The van der Waals surface area contributed by atoms with Crippen LogP contribution in [0.25, 0.3) is 0 Å². The number of benzene rings is 3. The van der Waals surface area contributed by atoms with Crippen molar-refractivity contribution >= 4 is 10.0 Å². The predicted octanol–water partition coefficient (Wildman–Crippen LogP) is 4.96. The van der Waals surface area contributed by atoms with Crippen molar-refractivity contribution in [1.29, 1.82) is 0 Å². The van der Waals surface area contributed by atoms with E-state index < -0.39 is 15.6 Å². The summed E-state index contributed by atoms with van der Waals surface area (Å²) in [5.74, 6) is 1.58. The monoisotopic (exact) mass is 494 g/mol. The number of aliphatic hydroxyl groups is 1. The van der Waals surface area contributed by atoms with Crippen molar-refractivity contribution in [2.45, 2.75) is 56.7 Å². The van der Waals surface area contributed by atoms with E-state index in [-0.39, 0.29) is 10.9 Å². The Kier molecular flexibility index (Phi) is 7.62. The first-order chi connectivity index (χ1) is 16.6. The molecule has 0 saturated carbocycles. The van der Waals surface area contributed by atoms with Gasteiger partial charge in [-0.3, -0.25) is 4.90 Å². The minimum absolute atomic E-state index is 0.174. The number of nitrogens with zero attached hydrogens (tertiary/aromatic N) is 1. The van der Waals surface area contributed by atoms with E-state index in [0.717, 1.165) is 29.2 Å². The summed E-state index contributed by atoms with van der Waals surface area (Å²) in [6.45, 7) is 7.49. The van der Waals surface area contributed by atoms with E-state index in [4.69, 9.17) is 4.74 Å². The van der Waals surface area contributed by atoms with E-state index >= 15 is 0 Å². The van der Waals surface area contributed by atoms with Crippen LogP contribution in [0.2, 0.25) is 0 Å². The average molecular weight is 495 g/mol. The highest BCUT2D eigenvalue weighted by molar-refractivity contribution is 7.89. The highest BCUT2D eigenvalue weighted by Crippen LogP contribution is 2.37. The molecule has 7 heteroatoms. The van der Waals surface area contributed by atoms with Gasteiger partial charge in [-0.05, 0) is 75.1 Å². The number of sulfonamides is 1. The largest absolute Gasteiger partial charge is 0.457 e. The van der Waals surface area contributed by atoms with Crippen LogP contribution in [0.1, 0.15) is 43.4 Å². The summed E-state index contributed by atoms with van der Waals surface area (Å²) < 4.78 is 34.7. The van der Waals surface area contributed by atoms with Crippen LogP contribution in [0.5, 0.6) is 11.5 Å². The first-order valence-corrected chi connectivity index (χ1v) is 13.5. The second-order valence-corrected chi connectivity index (χ2v) is 11.3. The lowest BCUT2D eigenvalue weighted by molar-refractivity contribution is -0.0299. The van der Waals surface area contributed by atoms with Gasteiger partial charge in [0.2, 0.25) is 10.0 Å². The van der Waals surface area contributed by atoms with Crippen LogP contribution in [-0.4, -0.2) is 37.6 Å². The van der Waals surface area contributed by atoms with Gasteiger partial charge in [0, 0.05) is 31.2 Å². The van der Waals surface area contributed by atoms with E-state index in [1.165, 1.54) is 0 Å². The van der Waals surface area contributed by atoms with Crippen molar-refractivity contribution < 1.29 is 18.3 Å². The Morgan fingerprint density at radius 1 is 0.971 bits per heavy atom. The molecule has 3 aromatic rings. The molecule has 1 aliphatic heterocycles. The molecule has 0 spiro atoms. The Hall–Kier alpha value is -2.71. The van der Waals surface area contributed by atoms with Crippen molar-refractivity contribution in [2.24, 2.45) is 0 Å². The molecule has 0 radical (unpaired) electrons. The minimum Gasteiger partial charge on any atom is -0.457 e. The van der Waals surface area contributed by atoms with E-state index in [9.17, 15) is 13.5 Å². The molecule has 4 rings (SSSR count). The van der Waals surface area contributed by atoms with Crippen LogP contribution >= 0.6 is 0 Å². The van der Waals surface area contributed by atoms with Crippen molar-refractivity contribution in [3.05, 3.63) is 89.5 Å². The van der Waals surface area contributed by atoms with Gasteiger partial charge >= 0.3 is 0 Å². The molecule has 0 atom stereocenters. The van der Waals surface area contributed by atoms with Crippen LogP contribution in [0.4, 0.5) is 0 Å². The zero-order valence-corrected chi connectivity index (χ0v) is 21.4. The van der Waals surface area contributed by atoms with Gasteiger partial charge in [0.05, 0.1) is 10.5 Å². The maximum Gasteiger partial charge on any atom is 0.241 e. The Balaban J connectivity index is 1.46. The molecule has 6 nitrogen and oxygen atoms in total. The molecule has 35 heavy (non-hydrogen) atoms. The molecule has 0 unspecified atom stereocenters. The number of rotatable bonds is 8. The number of aryl methyl sites for hydroxylation is 1. The van der Waals surface area contributed by atoms with Gasteiger partial charge < -0.3 is 9.84 Å². The fraction of sp³-hybridized carbons (Fsp3) is 0.357. The van der Waals surface area contributed by atoms with Gasteiger partial charge in [0.25, 0.3) is 0 Å². The quantitative estimate of drug-likeness (QED) is 0.463. The second kappa shape index (κ2) is 10.5. The minimum atomic E-state index is -3.73. The first-order valence-electron chi connectivity index (χ1n) is 12.0. The Morgan fingerprint density at radius 3 is 2.34 bits per heavy atom. The third kappa shape index (κ3) is 6.30. The second-order valence-electron chi connectivity index (χ2n) is 9.65. The van der Waals surface area contributed by atoms with Crippen LogP contribution in [0.3, 0.4) is 0 Å². The van der Waals surface area contributed by atoms with Gasteiger partial charge in [0.1, 0.15) is 11.5 Å². The highest BCUT2D eigenvalue weighted by atomic mass is 32.2. The zero-order valence-electron chi connectivity index (χ0n) is 20.6. The molecule has 0 amide bonds. The topological polar surface area (TPSA) is 78.9 Å². The predicted molar refractivity (Wildman–Crippen MR) is 138 cm³/mol. The van der Waals surface area contributed by atoms with E-state index in [1.54, 1.807) is 26.0 Å². The molecule has 1 fully saturated rings.